The molecule has 3 aliphatic rings. The fourth-order valence-corrected chi connectivity index (χ4v) is 5.84. The van der Waals surface area contributed by atoms with Crippen LogP contribution in [0.4, 0.5) is 15.8 Å². The largest absolute Gasteiger partial charge is 0.476 e. The van der Waals surface area contributed by atoms with E-state index in [9.17, 15) is 18.8 Å². The Morgan fingerprint density at radius 2 is 1.98 bits per heavy atom. The third-order valence-electron chi connectivity index (χ3n) is 8.00. The summed E-state index contributed by atoms with van der Waals surface area (Å²) in [5.41, 5.74) is 0.193. The molecular weight excluding hydrogens is 527 g/mol. The number of alkyl halides is 1. The van der Waals surface area contributed by atoms with Gasteiger partial charge in [-0.05, 0) is 77.0 Å². The number of hydrogen-bond donors (Lipinski definition) is 2. The van der Waals surface area contributed by atoms with Gasteiger partial charge < -0.3 is 29.9 Å². The number of benzene rings is 1. The summed E-state index contributed by atoms with van der Waals surface area (Å²) < 4.78 is 24.7. The monoisotopic (exact) mass is 574 g/mol. The lowest BCUT2D eigenvalue weighted by Gasteiger charge is -2.39. The van der Waals surface area contributed by atoms with E-state index in [1.54, 1.807) is 24.8 Å². The van der Waals surface area contributed by atoms with Crippen LogP contribution in [0.15, 0.2) is 18.2 Å². The first-order valence-corrected chi connectivity index (χ1v) is 15.2. The van der Waals surface area contributed by atoms with E-state index in [-0.39, 0.29) is 54.6 Å². The van der Waals surface area contributed by atoms with Gasteiger partial charge in [0.25, 0.3) is 5.91 Å². The highest BCUT2D eigenvalue weighted by Crippen LogP contribution is 2.43. The van der Waals surface area contributed by atoms with Gasteiger partial charge in [-0.3, -0.25) is 18.8 Å². The number of piperidine rings is 1. The number of carbonyl (C=O) groups is 3. The quantitative estimate of drug-likeness (QED) is 0.372. The molecule has 3 amide bonds. The summed E-state index contributed by atoms with van der Waals surface area (Å²) in [6.45, 7) is 11.4. The molecule has 1 aromatic carbocycles. The molecule has 0 bridgehead atoms. The second-order valence-electron chi connectivity index (χ2n) is 12.5. The van der Waals surface area contributed by atoms with Gasteiger partial charge in [-0.1, -0.05) is 13.8 Å². The second-order valence-corrected chi connectivity index (χ2v) is 12.5. The van der Waals surface area contributed by atoms with E-state index >= 15 is 0 Å². The van der Waals surface area contributed by atoms with E-state index in [2.05, 4.69) is 24.5 Å². The Bertz CT molecular complexity index is 1090. The molecule has 41 heavy (non-hydrogen) atoms. The fourth-order valence-electron chi connectivity index (χ4n) is 5.84. The van der Waals surface area contributed by atoms with E-state index in [1.165, 1.54) is 0 Å². The maximum atomic E-state index is 14.0. The van der Waals surface area contributed by atoms with Crippen LogP contribution in [0.1, 0.15) is 66.7 Å². The van der Waals surface area contributed by atoms with E-state index < -0.39 is 12.3 Å². The van der Waals surface area contributed by atoms with Crippen LogP contribution in [-0.2, 0) is 19.1 Å². The zero-order chi connectivity index (χ0) is 29.7. The predicted molar refractivity (Wildman–Crippen MR) is 157 cm³/mol. The van der Waals surface area contributed by atoms with Gasteiger partial charge in [0.15, 0.2) is 5.60 Å². The molecule has 0 aromatic heterocycles. The van der Waals surface area contributed by atoms with Gasteiger partial charge in [0.2, 0.25) is 11.8 Å². The third-order valence-corrected chi connectivity index (χ3v) is 8.00. The highest BCUT2D eigenvalue weighted by atomic mass is 19.1. The maximum Gasteiger partial charge on any atom is 0.270 e. The highest BCUT2D eigenvalue weighted by Gasteiger charge is 2.43. The summed E-state index contributed by atoms with van der Waals surface area (Å²) in [6.07, 6.45) is 3.31. The van der Waals surface area contributed by atoms with Crippen LogP contribution in [-0.4, -0.2) is 74.9 Å². The minimum Gasteiger partial charge on any atom is -0.476 e. The molecule has 1 aromatic rings. The molecular formula is C31H47FN4O5. The number of fused-ring (bicyclic) bond motifs is 1. The Morgan fingerprint density at radius 3 is 2.63 bits per heavy atom. The lowest BCUT2D eigenvalue weighted by molar-refractivity contribution is -0.132. The van der Waals surface area contributed by atoms with E-state index in [1.807, 2.05) is 24.0 Å². The zero-order valence-electron chi connectivity index (χ0n) is 25.2. The molecule has 228 valence electrons. The number of amides is 3. The van der Waals surface area contributed by atoms with Crippen molar-refractivity contribution in [1.82, 2.24) is 10.6 Å². The minimum atomic E-state index is -1.06. The van der Waals surface area contributed by atoms with Crippen molar-refractivity contribution in [3.63, 3.8) is 0 Å². The van der Waals surface area contributed by atoms with Crippen molar-refractivity contribution in [3.05, 3.63) is 18.2 Å². The van der Waals surface area contributed by atoms with Gasteiger partial charge in [0, 0.05) is 38.0 Å². The van der Waals surface area contributed by atoms with Crippen LogP contribution in [0.2, 0.25) is 0 Å². The molecule has 2 heterocycles. The first kappa shape index (κ1) is 31.2. The number of nitrogens with one attached hydrogen (secondary N) is 2. The number of nitrogens with zero attached hydrogens (tertiary/aromatic N) is 2. The first-order chi connectivity index (χ1) is 19.6. The van der Waals surface area contributed by atoms with Crippen LogP contribution >= 0.6 is 0 Å². The Hall–Kier alpha value is -2.72. The van der Waals surface area contributed by atoms with Crippen molar-refractivity contribution in [2.75, 3.05) is 49.3 Å². The number of rotatable bonds is 13. The first-order valence-electron chi connectivity index (χ1n) is 15.2. The molecule has 1 saturated carbocycles. The number of anilines is 2. The zero-order valence-corrected chi connectivity index (χ0v) is 25.2. The summed E-state index contributed by atoms with van der Waals surface area (Å²) in [5.74, 6) is -0.0140. The Kier molecular flexibility index (Phi) is 10.3. The van der Waals surface area contributed by atoms with Crippen LogP contribution in [0.5, 0.6) is 5.75 Å². The SMILES string of the molecule is CCOCC(CC(C)C)NC(=O)[C@@H]1CNC[C@H](C(=O)N(c2ccc3c(c2)N(CCCF)C(=O)C(C)(C)O3)C2CC2)C1. The molecule has 4 rings (SSSR count). The van der Waals surface area contributed by atoms with Gasteiger partial charge in [0.1, 0.15) is 5.75 Å². The van der Waals surface area contributed by atoms with Crippen LogP contribution in [0.3, 0.4) is 0 Å². The number of halogens is 1. The predicted octanol–water partition coefficient (Wildman–Crippen LogP) is 3.84. The average Bonchev–Trinajstić information content (AvgIpc) is 3.77. The number of carbonyl (C=O) groups excluding carboxylic acids is 3. The fraction of sp³-hybridized carbons (Fsp3) is 0.710. The van der Waals surface area contributed by atoms with Crippen LogP contribution in [0, 0.1) is 17.8 Å². The second kappa shape index (κ2) is 13.5. The molecule has 1 unspecified atom stereocenters. The van der Waals surface area contributed by atoms with E-state index in [0.29, 0.717) is 55.8 Å². The van der Waals surface area contributed by atoms with Crippen molar-refractivity contribution in [1.29, 1.82) is 0 Å². The minimum absolute atomic E-state index is 0.0239. The molecule has 3 atom stereocenters. The standard InChI is InChI=1S/C31H47FN4O5/c1-6-40-19-23(14-20(2)3)34-28(37)21-15-22(18-33-17-21)29(38)36(24-8-9-24)25-10-11-27-26(16-25)35(13-7-12-32)30(39)31(4,5)41-27/h10-11,16,20-24,33H,6-9,12-15,17-19H2,1-5H3,(H,34,37)/t21-,22+,23?/m0/s1. The molecule has 1 saturated heterocycles. The lowest BCUT2D eigenvalue weighted by atomic mass is 9.88. The van der Waals surface area contributed by atoms with Gasteiger partial charge in [-0.2, -0.15) is 0 Å². The number of ether oxygens (including phenoxy) is 2. The van der Waals surface area contributed by atoms with Crippen molar-refractivity contribution >= 4 is 29.1 Å². The highest BCUT2D eigenvalue weighted by molar-refractivity contribution is 6.04. The summed E-state index contributed by atoms with van der Waals surface area (Å²) in [4.78, 5) is 43.9. The molecule has 2 fully saturated rings. The molecule has 10 heteroatoms. The average molecular weight is 575 g/mol. The van der Waals surface area contributed by atoms with Gasteiger partial charge in [-0.25, -0.2) is 0 Å². The summed E-state index contributed by atoms with van der Waals surface area (Å²) in [6, 6.07) is 5.49. The van der Waals surface area contributed by atoms with E-state index in [0.717, 1.165) is 19.3 Å². The van der Waals surface area contributed by atoms with Gasteiger partial charge >= 0.3 is 0 Å². The number of hydrogen-bond acceptors (Lipinski definition) is 6. The molecule has 0 radical (unpaired) electrons. The maximum absolute atomic E-state index is 14.0. The summed E-state index contributed by atoms with van der Waals surface area (Å²) in [7, 11) is 0. The Balaban J connectivity index is 1.51. The molecule has 0 spiro atoms. The molecule has 1 aliphatic carbocycles. The lowest BCUT2D eigenvalue weighted by Crippen LogP contribution is -2.53. The normalized spacial score (nSPS) is 22.6. The molecule has 2 N–H and O–H groups in total. The van der Waals surface area contributed by atoms with E-state index in [4.69, 9.17) is 9.47 Å². The van der Waals surface area contributed by atoms with Gasteiger partial charge in [-0.15, -0.1) is 0 Å². The van der Waals surface area contributed by atoms with Crippen molar-refractivity contribution < 1.29 is 28.2 Å². The molecule has 9 nitrogen and oxygen atoms in total. The van der Waals surface area contributed by atoms with Crippen LogP contribution < -0.4 is 25.2 Å². The van der Waals surface area contributed by atoms with Crippen molar-refractivity contribution in [2.24, 2.45) is 17.8 Å². The van der Waals surface area contributed by atoms with Gasteiger partial charge in [0.05, 0.1) is 36.8 Å². The van der Waals surface area contributed by atoms with Crippen LogP contribution in [0.25, 0.3) is 0 Å². The Labute approximate surface area is 243 Å². The topological polar surface area (TPSA) is 100 Å². The summed E-state index contributed by atoms with van der Waals surface area (Å²) in [5, 5.41) is 6.48. The van der Waals surface area contributed by atoms with Crippen molar-refractivity contribution in [2.45, 2.75) is 84.4 Å². The Morgan fingerprint density at radius 1 is 1.24 bits per heavy atom. The molecule has 2 aliphatic heterocycles. The smallest absolute Gasteiger partial charge is 0.270 e. The summed E-state index contributed by atoms with van der Waals surface area (Å²) >= 11 is 0. The van der Waals surface area contributed by atoms with Crippen molar-refractivity contribution in [3.8, 4) is 5.75 Å². The third kappa shape index (κ3) is 7.57.